The van der Waals surface area contributed by atoms with Crippen molar-refractivity contribution in [2.45, 2.75) is 146 Å². The number of carboxylic acid groups (broad SMARTS) is 1. The number of carbonyl (C=O) groups is 3. The van der Waals surface area contributed by atoms with Gasteiger partial charge in [-0.05, 0) is 111 Å². The van der Waals surface area contributed by atoms with Crippen molar-refractivity contribution in [2.24, 2.45) is 61.9 Å². The van der Waals surface area contributed by atoms with Crippen LogP contribution in [0.5, 0.6) is 0 Å². The highest BCUT2D eigenvalue weighted by molar-refractivity contribution is 6.00. The second kappa shape index (κ2) is 13.8. The molecule has 2 heterocycles. The first-order valence-corrected chi connectivity index (χ1v) is 21.0. The Balaban J connectivity index is 1.20. The van der Waals surface area contributed by atoms with Crippen molar-refractivity contribution < 1.29 is 28.6 Å². The van der Waals surface area contributed by atoms with Crippen LogP contribution >= 0.6 is 0 Å². The normalized spacial score (nSPS) is 35.1. The number of ketones is 1. The van der Waals surface area contributed by atoms with E-state index in [0.717, 1.165) is 75.2 Å². The molecule has 0 saturated heterocycles. The van der Waals surface area contributed by atoms with Gasteiger partial charge in [0.2, 0.25) is 5.82 Å². The lowest BCUT2D eigenvalue weighted by molar-refractivity contribution is -0.233. The Labute approximate surface area is 331 Å². The number of fused-ring (bicyclic) bond motifs is 7. The number of hydrogen-bond acceptors (Lipinski definition) is 9. The Hall–Kier alpha value is -3.54. The highest BCUT2D eigenvalue weighted by atomic mass is 19.1. The van der Waals surface area contributed by atoms with E-state index in [9.17, 15) is 23.9 Å². The van der Waals surface area contributed by atoms with Crippen molar-refractivity contribution >= 4 is 17.7 Å². The molecule has 0 amide bonds. The average molecular weight is 775 g/mol. The molecule has 4 saturated carbocycles. The zero-order valence-corrected chi connectivity index (χ0v) is 35.0. The van der Waals surface area contributed by atoms with Gasteiger partial charge in [-0.15, -0.1) is 10.2 Å². The first-order chi connectivity index (χ1) is 26.1. The SMILES string of the molecule is CC(C)C1=C2[C@H]3CC[C@@H]4[C@@]5(C)CC[C@H](OC(=O)CC(C)(C)C(=O)O)C(C)(C)[C@@H]5CC[C@@]4(C)[C@]3(C)CCC2(Cc2nnc(-c3ncc(F)cn3)n2CCN)CC1=O. The maximum Gasteiger partial charge on any atom is 0.309 e. The standard InChI is InChI=1S/C44H63FN6O5/c1-25(2)34-28(52)20-44(21-32-49-50-37(51(32)19-18-46)36-47-23-26(45)24-48-36)17-16-42(8)27(35(34)44)10-11-30-41(7)14-13-31(56-33(53)22-39(3,4)38(54)55)40(5,6)29(41)12-15-43(30,42)9/h23-25,27,29-31H,10-22,46H2,1-9H3,(H,54,55)/t27-,29+,30-,31+,41+,42-,43-,44?/m1/s1. The summed E-state index contributed by atoms with van der Waals surface area (Å²) in [7, 11) is 0. The van der Waals surface area contributed by atoms with E-state index in [0.29, 0.717) is 49.4 Å². The number of ether oxygens (including phenoxy) is 1. The van der Waals surface area contributed by atoms with E-state index in [2.05, 4.69) is 68.6 Å². The molecule has 3 N–H and O–H groups in total. The van der Waals surface area contributed by atoms with Gasteiger partial charge in [0.15, 0.2) is 17.4 Å². The van der Waals surface area contributed by atoms with Crippen LogP contribution in [0.15, 0.2) is 23.5 Å². The van der Waals surface area contributed by atoms with Crippen LogP contribution in [0.4, 0.5) is 4.39 Å². The Morgan fingerprint density at radius 2 is 1.68 bits per heavy atom. The van der Waals surface area contributed by atoms with Gasteiger partial charge in [-0.2, -0.15) is 0 Å². The van der Waals surface area contributed by atoms with Crippen LogP contribution in [0.1, 0.15) is 132 Å². The molecule has 306 valence electrons. The minimum absolute atomic E-state index is 0.0264. The molecular weight excluding hydrogens is 712 g/mol. The highest BCUT2D eigenvalue weighted by Crippen LogP contribution is 2.77. The fourth-order valence-corrected chi connectivity index (χ4v) is 13.5. The summed E-state index contributed by atoms with van der Waals surface area (Å²) < 4.78 is 21.9. The number of allylic oxidation sites excluding steroid dienone is 2. The van der Waals surface area contributed by atoms with Gasteiger partial charge in [0.25, 0.3) is 0 Å². The summed E-state index contributed by atoms with van der Waals surface area (Å²) in [4.78, 5) is 47.6. The quantitative estimate of drug-likeness (QED) is 0.228. The van der Waals surface area contributed by atoms with E-state index in [1.165, 1.54) is 5.57 Å². The molecule has 2 aromatic heterocycles. The summed E-state index contributed by atoms with van der Waals surface area (Å²) in [6.07, 6.45) is 10.7. The minimum atomic E-state index is -1.18. The molecule has 0 spiro atoms. The zero-order valence-electron chi connectivity index (χ0n) is 35.0. The van der Waals surface area contributed by atoms with Crippen molar-refractivity contribution in [1.82, 2.24) is 24.7 Å². The average Bonchev–Trinajstić information content (AvgIpc) is 3.63. The van der Waals surface area contributed by atoms with Crippen molar-refractivity contribution in [2.75, 3.05) is 6.54 Å². The molecule has 56 heavy (non-hydrogen) atoms. The third-order valence-corrected chi connectivity index (χ3v) is 16.4. The number of Topliss-reactive ketones (excluding diaryl/α,β-unsaturated/α-hetero) is 1. The first-order valence-electron chi connectivity index (χ1n) is 21.0. The Morgan fingerprint density at radius 1 is 0.982 bits per heavy atom. The summed E-state index contributed by atoms with van der Waals surface area (Å²) in [5.41, 5.74) is 6.73. The van der Waals surface area contributed by atoms with Gasteiger partial charge in [-0.1, -0.05) is 54.0 Å². The second-order valence-corrected chi connectivity index (χ2v) is 20.5. The number of carbonyl (C=O) groups excluding carboxylic acids is 2. The molecule has 0 aliphatic heterocycles. The molecule has 2 aromatic rings. The van der Waals surface area contributed by atoms with Gasteiger partial charge in [0.05, 0.1) is 24.2 Å². The fraction of sp³-hybridized carbons (Fsp3) is 0.750. The number of aromatic nitrogens is 5. The molecule has 0 aromatic carbocycles. The zero-order chi connectivity index (χ0) is 40.8. The number of hydrogen-bond donors (Lipinski definition) is 2. The number of halogens is 1. The van der Waals surface area contributed by atoms with E-state index in [1.807, 2.05) is 4.57 Å². The highest BCUT2D eigenvalue weighted by Gasteiger charge is 2.70. The summed E-state index contributed by atoms with van der Waals surface area (Å²) in [6.45, 7) is 20.4. The molecule has 7 rings (SSSR count). The Morgan fingerprint density at radius 3 is 2.32 bits per heavy atom. The summed E-state index contributed by atoms with van der Waals surface area (Å²) >= 11 is 0. The van der Waals surface area contributed by atoms with Crippen molar-refractivity contribution in [1.29, 1.82) is 0 Å². The van der Waals surface area contributed by atoms with Crippen LogP contribution < -0.4 is 5.73 Å². The number of nitrogens with zero attached hydrogens (tertiary/aromatic N) is 5. The third kappa shape index (κ3) is 6.08. The van der Waals surface area contributed by atoms with Crippen molar-refractivity contribution in [3.8, 4) is 11.6 Å². The number of esters is 1. The number of carboxylic acids is 1. The van der Waals surface area contributed by atoms with Crippen LogP contribution in [0.2, 0.25) is 0 Å². The summed E-state index contributed by atoms with van der Waals surface area (Å²) in [6, 6.07) is 0. The Kier molecular flexibility index (Phi) is 10.0. The van der Waals surface area contributed by atoms with E-state index in [-0.39, 0.29) is 57.2 Å². The topological polar surface area (TPSA) is 163 Å². The molecule has 11 nitrogen and oxygen atoms in total. The van der Waals surface area contributed by atoms with Crippen molar-refractivity contribution in [3.63, 3.8) is 0 Å². The lowest BCUT2D eigenvalue weighted by Crippen LogP contribution is -2.65. The minimum Gasteiger partial charge on any atom is -0.481 e. The van der Waals surface area contributed by atoms with Gasteiger partial charge >= 0.3 is 11.9 Å². The lowest BCUT2D eigenvalue weighted by atomic mass is 9.33. The molecule has 5 aliphatic rings. The molecule has 0 radical (unpaired) electrons. The van der Waals surface area contributed by atoms with E-state index in [4.69, 9.17) is 10.5 Å². The smallest absolute Gasteiger partial charge is 0.309 e. The molecule has 8 atom stereocenters. The van der Waals surface area contributed by atoms with Crippen molar-refractivity contribution in [3.05, 3.63) is 35.2 Å². The third-order valence-electron chi connectivity index (χ3n) is 16.4. The first kappa shape index (κ1) is 40.6. The van der Waals surface area contributed by atoms with Gasteiger partial charge in [0, 0.05) is 36.8 Å². The number of rotatable bonds is 10. The van der Waals surface area contributed by atoms with Gasteiger partial charge in [-0.3, -0.25) is 14.4 Å². The lowest BCUT2D eigenvalue weighted by Gasteiger charge is -2.72. The predicted molar refractivity (Wildman–Crippen MR) is 209 cm³/mol. The van der Waals surface area contributed by atoms with Gasteiger partial charge < -0.3 is 20.1 Å². The maximum atomic E-state index is 14.3. The second-order valence-electron chi connectivity index (χ2n) is 20.5. The van der Waals surface area contributed by atoms with Crippen LogP contribution in [0.25, 0.3) is 11.6 Å². The van der Waals surface area contributed by atoms with Gasteiger partial charge in [-0.25, -0.2) is 14.4 Å². The van der Waals surface area contributed by atoms with E-state index in [1.54, 1.807) is 13.8 Å². The van der Waals surface area contributed by atoms with Gasteiger partial charge in [0.1, 0.15) is 11.9 Å². The van der Waals surface area contributed by atoms with E-state index >= 15 is 0 Å². The van der Waals surface area contributed by atoms with Crippen LogP contribution in [-0.2, 0) is 32.1 Å². The van der Waals surface area contributed by atoms with Crippen LogP contribution in [0.3, 0.4) is 0 Å². The monoisotopic (exact) mass is 774 g/mol. The van der Waals surface area contributed by atoms with E-state index < -0.39 is 23.2 Å². The maximum absolute atomic E-state index is 14.3. The molecule has 1 unspecified atom stereocenters. The molecule has 0 bridgehead atoms. The predicted octanol–water partition coefficient (Wildman–Crippen LogP) is 7.77. The molecule has 4 fully saturated rings. The molecular formula is C44H63FN6O5. The fourth-order valence-electron chi connectivity index (χ4n) is 13.5. The number of nitrogens with two attached hydrogens (primary N) is 1. The molecule has 12 heteroatoms. The van der Waals surface area contributed by atoms with Crippen LogP contribution in [-0.4, -0.2) is 60.2 Å². The largest absolute Gasteiger partial charge is 0.481 e. The molecule has 5 aliphatic carbocycles. The van der Waals surface area contributed by atoms with Crippen LogP contribution in [0, 0.1) is 62.0 Å². The summed E-state index contributed by atoms with van der Waals surface area (Å²) in [5, 5.41) is 18.8. The number of aliphatic carboxylic acids is 1. The summed E-state index contributed by atoms with van der Waals surface area (Å²) in [5.74, 6) is 0.993. The Bertz CT molecular complexity index is 1940.